The molecule has 3 heteroatoms. The molecule has 0 radical (unpaired) electrons. The molecular formula is C13H15N3. The van der Waals surface area contributed by atoms with Crippen LogP contribution in [0.2, 0.25) is 0 Å². The Balaban J connectivity index is 2.35. The van der Waals surface area contributed by atoms with Crippen molar-refractivity contribution < 1.29 is 0 Å². The van der Waals surface area contributed by atoms with Gasteiger partial charge in [-0.2, -0.15) is 0 Å². The minimum atomic E-state index is 0.672. The Kier molecular flexibility index (Phi) is 2.79. The molecule has 4 N–H and O–H groups in total. The monoisotopic (exact) mass is 213 g/mol. The third-order valence-electron chi connectivity index (χ3n) is 2.51. The molecule has 0 aromatic heterocycles. The van der Waals surface area contributed by atoms with Gasteiger partial charge in [-0.1, -0.05) is 29.8 Å². The molecule has 2 aromatic rings. The number of anilines is 3. The first kappa shape index (κ1) is 10.5. The second-order valence-corrected chi connectivity index (χ2v) is 3.76. The van der Waals surface area contributed by atoms with E-state index in [1.165, 1.54) is 5.56 Å². The van der Waals surface area contributed by atoms with Crippen molar-refractivity contribution in [2.75, 3.05) is 10.7 Å². The highest BCUT2D eigenvalue weighted by molar-refractivity contribution is 5.73. The molecule has 0 saturated heterocycles. The van der Waals surface area contributed by atoms with Gasteiger partial charge >= 0.3 is 0 Å². The van der Waals surface area contributed by atoms with Crippen molar-refractivity contribution >= 4 is 17.1 Å². The van der Waals surface area contributed by atoms with E-state index in [-0.39, 0.29) is 0 Å². The minimum absolute atomic E-state index is 0.672. The molecule has 2 rings (SSSR count). The van der Waals surface area contributed by atoms with Crippen molar-refractivity contribution in [3.63, 3.8) is 0 Å². The zero-order valence-corrected chi connectivity index (χ0v) is 9.22. The third-order valence-corrected chi connectivity index (χ3v) is 2.51. The first-order valence-corrected chi connectivity index (χ1v) is 5.14. The molecule has 3 nitrogen and oxygen atoms in total. The Morgan fingerprint density at radius 1 is 0.938 bits per heavy atom. The van der Waals surface area contributed by atoms with E-state index in [0.29, 0.717) is 5.69 Å². The molecule has 0 saturated carbocycles. The summed E-state index contributed by atoms with van der Waals surface area (Å²) in [6.45, 7) is 2.04. The Bertz CT molecular complexity index is 477. The Morgan fingerprint density at radius 2 is 1.56 bits per heavy atom. The van der Waals surface area contributed by atoms with Crippen LogP contribution in [-0.4, -0.2) is 0 Å². The van der Waals surface area contributed by atoms with E-state index >= 15 is 0 Å². The number of nitrogens with two attached hydrogens (primary N) is 2. The lowest BCUT2D eigenvalue weighted by molar-refractivity contribution is 1.09. The van der Waals surface area contributed by atoms with E-state index in [2.05, 4.69) is 0 Å². The van der Waals surface area contributed by atoms with Gasteiger partial charge in [0, 0.05) is 0 Å². The van der Waals surface area contributed by atoms with Gasteiger partial charge in [0.05, 0.1) is 17.1 Å². The molecule has 0 amide bonds. The van der Waals surface area contributed by atoms with Crippen LogP contribution in [0.15, 0.2) is 48.5 Å². The summed E-state index contributed by atoms with van der Waals surface area (Å²) < 4.78 is 0. The van der Waals surface area contributed by atoms with Crippen molar-refractivity contribution in [3.05, 3.63) is 54.1 Å². The van der Waals surface area contributed by atoms with Crippen LogP contribution >= 0.6 is 0 Å². The van der Waals surface area contributed by atoms with Crippen LogP contribution in [-0.2, 0) is 0 Å². The summed E-state index contributed by atoms with van der Waals surface area (Å²) in [6.07, 6.45) is 0. The highest BCUT2D eigenvalue weighted by Crippen LogP contribution is 2.26. The third kappa shape index (κ3) is 1.99. The topological polar surface area (TPSA) is 55.3 Å². The highest BCUT2D eigenvalue weighted by atomic mass is 15.4. The molecule has 2 aromatic carbocycles. The average Bonchev–Trinajstić information content (AvgIpc) is 2.30. The number of hydrazine groups is 1. The van der Waals surface area contributed by atoms with E-state index < -0.39 is 0 Å². The normalized spacial score (nSPS) is 10.1. The zero-order chi connectivity index (χ0) is 11.5. The standard InChI is InChI=1S/C13H15N3/c1-10-6-8-11(9-7-10)16(15)13-5-3-2-4-12(13)14/h2-9H,14-15H2,1H3. The Hall–Kier alpha value is -2.00. The molecule has 0 aliphatic heterocycles. The van der Waals surface area contributed by atoms with Gasteiger partial charge in [0.2, 0.25) is 0 Å². The fourth-order valence-corrected chi connectivity index (χ4v) is 1.55. The van der Waals surface area contributed by atoms with Crippen molar-refractivity contribution in [1.82, 2.24) is 0 Å². The van der Waals surface area contributed by atoms with Gasteiger partial charge in [-0.05, 0) is 31.2 Å². The van der Waals surface area contributed by atoms with Crippen LogP contribution in [0.1, 0.15) is 5.56 Å². The maximum Gasteiger partial charge on any atom is 0.0804 e. The first-order valence-electron chi connectivity index (χ1n) is 5.14. The highest BCUT2D eigenvalue weighted by Gasteiger charge is 2.06. The fraction of sp³-hybridized carbons (Fsp3) is 0.0769. The number of rotatable bonds is 2. The summed E-state index contributed by atoms with van der Waals surface area (Å²) in [5.74, 6) is 6.02. The molecule has 82 valence electrons. The lowest BCUT2D eigenvalue weighted by Gasteiger charge is -2.20. The summed E-state index contributed by atoms with van der Waals surface area (Å²) in [7, 11) is 0. The number of nitrogens with zero attached hydrogens (tertiary/aromatic N) is 1. The first-order chi connectivity index (χ1) is 7.68. The van der Waals surface area contributed by atoms with E-state index in [1.54, 1.807) is 5.01 Å². The maximum absolute atomic E-state index is 6.02. The number of aryl methyl sites for hydroxylation is 1. The van der Waals surface area contributed by atoms with Crippen LogP contribution in [0.3, 0.4) is 0 Å². The van der Waals surface area contributed by atoms with Gasteiger partial charge in [0.25, 0.3) is 0 Å². The molecule has 0 spiro atoms. The molecule has 16 heavy (non-hydrogen) atoms. The smallest absolute Gasteiger partial charge is 0.0804 e. The van der Waals surface area contributed by atoms with Gasteiger partial charge in [-0.25, -0.2) is 5.84 Å². The lowest BCUT2D eigenvalue weighted by atomic mass is 10.2. The average molecular weight is 213 g/mol. The number of hydrogen-bond acceptors (Lipinski definition) is 3. The van der Waals surface area contributed by atoms with Crippen molar-refractivity contribution in [3.8, 4) is 0 Å². The molecule has 0 heterocycles. The van der Waals surface area contributed by atoms with E-state index in [1.807, 2.05) is 55.5 Å². The fourth-order valence-electron chi connectivity index (χ4n) is 1.55. The van der Waals surface area contributed by atoms with E-state index in [9.17, 15) is 0 Å². The summed E-state index contributed by atoms with van der Waals surface area (Å²) in [5, 5.41) is 1.59. The lowest BCUT2D eigenvalue weighted by Crippen LogP contribution is -2.25. The predicted molar refractivity (Wildman–Crippen MR) is 68.4 cm³/mol. The van der Waals surface area contributed by atoms with Crippen LogP contribution in [0, 0.1) is 6.92 Å². The number of para-hydroxylation sites is 2. The van der Waals surface area contributed by atoms with Gasteiger partial charge in [0.1, 0.15) is 0 Å². The minimum Gasteiger partial charge on any atom is -0.397 e. The predicted octanol–water partition coefficient (Wildman–Crippen LogP) is 2.59. The van der Waals surface area contributed by atoms with Crippen molar-refractivity contribution in [2.45, 2.75) is 6.92 Å². The molecule has 0 atom stereocenters. The molecular weight excluding hydrogens is 198 g/mol. The Labute approximate surface area is 95.3 Å². The second kappa shape index (κ2) is 4.24. The van der Waals surface area contributed by atoms with Crippen molar-refractivity contribution in [2.24, 2.45) is 5.84 Å². The van der Waals surface area contributed by atoms with Gasteiger partial charge < -0.3 is 5.73 Å². The quantitative estimate of drug-likeness (QED) is 0.458. The number of benzene rings is 2. The van der Waals surface area contributed by atoms with Gasteiger partial charge in [0.15, 0.2) is 0 Å². The van der Waals surface area contributed by atoms with Crippen LogP contribution in [0.4, 0.5) is 17.1 Å². The summed E-state index contributed by atoms with van der Waals surface area (Å²) in [4.78, 5) is 0. The van der Waals surface area contributed by atoms with Crippen LogP contribution < -0.4 is 16.6 Å². The number of nitrogen functional groups attached to an aromatic ring is 1. The maximum atomic E-state index is 6.02. The van der Waals surface area contributed by atoms with Gasteiger partial charge in [-0.15, -0.1) is 0 Å². The zero-order valence-electron chi connectivity index (χ0n) is 9.22. The Morgan fingerprint density at radius 3 is 2.19 bits per heavy atom. The summed E-state index contributed by atoms with van der Waals surface area (Å²) in [6, 6.07) is 15.5. The van der Waals surface area contributed by atoms with Crippen LogP contribution in [0.5, 0.6) is 0 Å². The molecule has 0 bridgehead atoms. The molecule has 0 aliphatic rings. The van der Waals surface area contributed by atoms with E-state index in [0.717, 1.165) is 11.4 Å². The van der Waals surface area contributed by atoms with Crippen molar-refractivity contribution in [1.29, 1.82) is 0 Å². The van der Waals surface area contributed by atoms with Crippen LogP contribution in [0.25, 0.3) is 0 Å². The van der Waals surface area contributed by atoms with Gasteiger partial charge in [-0.3, -0.25) is 5.01 Å². The molecule has 0 unspecified atom stereocenters. The second-order valence-electron chi connectivity index (χ2n) is 3.76. The number of hydrogen-bond donors (Lipinski definition) is 2. The largest absolute Gasteiger partial charge is 0.397 e. The molecule has 0 fully saturated rings. The molecule has 0 aliphatic carbocycles. The summed E-state index contributed by atoms with van der Waals surface area (Å²) >= 11 is 0. The SMILES string of the molecule is Cc1ccc(N(N)c2ccccc2N)cc1. The van der Waals surface area contributed by atoms with E-state index in [4.69, 9.17) is 11.6 Å². The summed E-state index contributed by atoms with van der Waals surface area (Å²) in [5.41, 5.74) is 9.48.